The van der Waals surface area contributed by atoms with Crippen LogP contribution in [-0.4, -0.2) is 21.5 Å². The summed E-state index contributed by atoms with van der Waals surface area (Å²) in [5.41, 5.74) is 5.53. The van der Waals surface area contributed by atoms with E-state index in [0.717, 1.165) is 53.7 Å². The molecule has 0 radical (unpaired) electrons. The lowest BCUT2D eigenvalue weighted by atomic mass is 10.0. The van der Waals surface area contributed by atoms with Crippen LogP contribution in [0.1, 0.15) is 0 Å². The molecule has 0 saturated carbocycles. The zero-order chi connectivity index (χ0) is 30.6. The fraction of sp³-hybridized carbons (Fsp3) is 0.0714. The number of ether oxygens (including phenoxy) is 2. The van der Waals surface area contributed by atoms with Crippen molar-refractivity contribution in [3.05, 3.63) is 72.8 Å². The predicted octanol–water partition coefficient (Wildman–Crippen LogP) is 10.7. The van der Waals surface area contributed by atoms with Crippen LogP contribution < -0.4 is 18.9 Å². The van der Waals surface area contributed by atoms with E-state index in [1.807, 2.05) is 24.3 Å². The molecule has 0 bridgehead atoms. The first kappa shape index (κ1) is 28.8. The topological polar surface area (TPSA) is 68.3 Å². The molecule has 224 valence electrons. The highest BCUT2D eigenvalue weighted by atomic mass is 32.2. The van der Waals surface area contributed by atoms with Crippen molar-refractivity contribution in [3.63, 3.8) is 0 Å². The van der Waals surface area contributed by atoms with Crippen LogP contribution in [-0.2, 0) is 0 Å². The van der Waals surface area contributed by atoms with E-state index < -0.39 is 12.7 Å². The number of thiophene rings is 2. The minimum atomic E-state index is -4.80. The summed E-state index contributed by atoms with van der Waals surface area (Å²) in [5.74, 6) is -0.614. The standard InChI is InChI=1S/C28H14F6N4O2S4/c29-27(30,31)39-15-5-1-3-13(11-15)17-7-9-19(41-17)21-23-25(37-43-35-23)22(26-24(21)36-44-38-26)20-10-8-18(42-20)14-4-2-6-16(12-14)40-28(32,33)34/h1-12,35,37H. The maximum absolute atomic E-state index is 12.8. The van der Waals surface area contributed by atoms with E-state index in [0.29, 0.717) is 22.2 Å². The number of halogens is 6. The fourth-order valence-corrected chi connectivity index (χ4v) is 8.10. The van der Waals surface area contributed by atoms with Crippen LogP contribution in [0.4, 0.5) is 37.7 Å². The van der Waals surface area contributed by atoms with Gasteiger partial charge >= 0.3 is 12.7 Å². The van der Waals surface area contributed by atoms with Gasteiger partial charge in [0.1, 0.15) is 22.5 Å². The highest BCUT2D eigenvalue weighted by Gasteiger charge is 2.33. The molecule has 0 fully saturated rings. The van der Waals surface area contributed by atoms with Crippen LogP contribution in [0.5, 0.6) is 11.5 Å². The molecule has 6 nitrogen and oxygen atoms in total. The summed E-state index contributed by atoms with van der Waals surface area (Å²) in [6.45, 7) is 0. The second-order valence-electron chi connectivity index (χ2n) is 9.25. The lowest BCUT2D eigenvalue weighted by molar-refractivity contribution is -0.275. The van der Waals surface area contributed by atoms with Crippen molar-refractivity contribution >= 4 is 68.9 Å². The molecule has 0 aliphatic carbocycles. The Morgan fingerprint density at radius 3 is 1.43 bits per heavy atom. The fourth-order valence-electron chi connectivity index (χ4n) is 4.76. The number of nitrogens with zero attached hydrogens (tertiary/aromatic N) is 2. The Hall–Kier alpha value is -3.99. The van der Waals surface area contributed by atoms with Crippen molar-refractivity contribution in [2.75, 3.05) is 9.44 Å². The first-order chi connectivity index (χ1) is 21.0. The SMILES string of the molecule is FC(F)(F)Oc1cccc(-c2ccc(-c3c4c(c(-c5ccc(-c6cccc(OC(F)(F)F)c6)s5)c5nsnc35)NSN4)s2)c1. The number of hydrogen-bond donors (Lipinski definition) is 2. The van der Waals surface area contributed by atoms with Crippen molar-refractivity contribution in [3.8, 4) is 53.3 Å². The number of nitrogens with one attached hydrogen (secondary N) is 2. The van der Waals surface area contributed by atoms with Crippen LogP contribution >= 0.6 is 46.5 Å². The van der Waals surface area contributed by atoms with Crippen molar-refractivity contribution in [2.24, 2.45) is 0 Å². The number of anilines is 2. The predicted molar refractivity (Wildman–Crippen MR) is 163 cm³/mol. The number of hydrogen-bond acceptors (Lipinski definition) is 10. The molecule has 0 atom stereocenters. The summed E-state index contributed by atoms with van der Waals surface area (Å²) < 4.78 is 101. The van der Waals surface area contributed by atoms with Gasteiger partial charge in [0.25, 0.3) is 0 Å². The zero-order valence-corrected chi connectivity index (χ0v) is 24.8. The Labute approximate surface area is 260 Å². The van der Waals surface area contributed by atoms with Gasteiger partial charge in [0.15, 0.2) is 0 Å². The molecular formula is C28H14F6N4O2S4. The van der Waals surface area contributed by atoms with Crippen LogP contribution in [0.2, 0.25) is 0 Å². The molecule has 3 aromatic carbocycles. The molecule has 4 heterocycles. The highest BCUT2D eigenvalue weighted by Crippen LogP contribution is 2.54. The van der Waals surface area contributed by atoms with Crippen LogP contribution in [0.15, 0.2) is 72.8 Å². The number of alkyl halides is 6. The summed E-state index contributed by atoms with van der Waals surface area (Å²) >= 11 is 5.09. The van der Waals surface area contributed by atoms with Crippen molar-refractivity contribution in [2.45, 2.75) is 12.7 Å². The van der Waals surface area contributed by atoms with Gasteiger partial charge in [0.2, 0.25) is 0 Å². The molecule has 1 aliphatic heterocycles. The van der Waals surface area contributed by atoms with Gasteiger partial charge in [-0.15, -0.1) is 49.0 Å². The largest absolute Gasteiger partial charge is 0.573 e. The Kier molecular flexibility index (Phi) is 7.10. The molecule has 7 rings (SSSR count). The van der Waals surface area contributed by atoms with Gasteiger partial charge < -0.3 is 18.9 Å². The third kappa shape index (κ3) is 5.65. The maximum Gasteiger partial charge on any atom is 0.573 e. The monoisotopic (exact) mass is 680 g/mol. The average molecular weight is 681 g/mol. The van der Waals surface area contributed by atoms with Gasteiger partial charge in [-0.25, -0.2) is 0 Å². The van der Waals surface area contributed by atoms with E-state index in [1.165, 1.54) is 71.2 Å². The molecule has 0 amide bonds. The zero-order valence-electron chi connectivity index (χ0n) is 21.5. The Bertz CT molecular complexity index is 1880. The van der Waals surface area contributed by atoms with E-state index in [4.69, 9.17) is 0 Å². The third-order valence-electron chi connectivity index (χ3n) is 6.43. The molecule has 0 spiro atoms. The molecule has 0 saturated heterocycles. The molecule has 1 aliphatic rings. The van der Waals surface area contributed by atoms with Gasteiger partial charge in [0.05, 0.1) is 35.2 Å². The Morgan fingerprint density at radius 1 is 0.568 bits per heavy atom. The Morgan fingerprint density at radius 2 is 1.00 bits per heavy atom. The summed E-state index contributed by atoms with van der Waals surface area (Å²) in [7, 11) is 0. The Balaban J connectivity index is 1.28. The van der Waals surface area contributed by atoms with Gasteiger partial charge in [-0.05, 0) is 59.7 Å². The van der Waals surface area contributed by atoms with E-state index in [1.54, 1.807) is 12.1 Å². The van der Waals surface area contributed by atoms with E-state index in [-0.39, 0.29) is 11.5 Å². The average Bonchev–Trinajstić information content (AvgIpc) is 3.77. The molecule has 0 unspecified atom stereocenters. The van der Waals surface area contributed by atoms with Gasteiger partial charge in [-0.3, -0.25) is 0 Å². The van der Waals surface area contributed by atoms with Gasteiger partial charge in [-0.2, -0.15) is 8.75 Å². The second-order valence-corrected chi connectivity index (χ2v) is 12.6. The van der Waals surface area contributed by atoms with Crippen molar-refractivity contribution < 1.29 is 35.8 Å². The third-order valence-corrected chi connectivity index (χ3v) is 9.87. The molecule has 3 aromatic heterocycles. The summed E-state index contributed by atoms with van der Waals surface area (Å²) in [6.07, 6.45) is -9.59. The summed E-state index contributed by atoms with van der Waals surface area (Å²) in [6, 6.07) is 19.0. The van der Waals surface area contributed by atoms with E-state index in [2.05, 4.69) is 27.7 Å². The minimum absolute atomic E-state index is 0.307. The number of rotatable bonds is 6. The number of aromatic nitrogens is 2. The van der Waals surface area contributed by atoms with Gasteiger partial charge in [-0.1, -0.05) is 24.3 Å². The number of fused-ring (bicyclic) bond motifs is 2. The van der Waals surface area contributed by atoms with E-state index in [9.17, 15) is 26.3 Å². The van der Waals surface area contributed by atoms with Crippen LogP contribution in [0.3, 0.4) is 0 Å². The van der Waals surface area contributed by atoms with Crippen molar-refractivity contribution in [1.82, 2.24) is 8.75 Å². The second kappa shape index (κ2) is 10.9. The summed E-state index contributed by atoms with van der Waals surface area (Å²) in [4.78, 5) is 3.13. The van der Waals surface area contributed by atoms with Crippen LogP contribution in [0.25, 0.3) is 52.8 Å². The lowest BCUT2D eigenvalue weighted by Gasteiger charge is -2.11. The lowest BCUT2D eigenvalue weighted by Crippen LogP contribution is -2.17. The maximum atomic E-state index is 12.8. The molecule has 2 N–H and O–H groups in total. The van der Waals surface area contributed by atoms with E-state index >= 15 is 0 Å². The first-order valence-electron chi connectivity index (χ1n) is 12.5. The van der Waals surface area contributed by atoms with Crippen molar-refractivity contribution in [1.29, 1.82) is 0 Å². The smallest absolute Gasteiger partial charge is 0.406 e. The molecule has 44 heavy (non-hydrogen) atoms. The number of benzene rings is 3. The van der Waals surface area contributed by atoms with Crippen LogP contribution in [0, 0.1) is 0 Å². The highest BCUT2D eigenvalue weighted by molar-refractivity contribution is 8.02. The minimum Gasteiger partial charge on any atom is -0.406 e. The molecular weight excluding hydrogens is 667 g/mol. The quantitative estimate of drug-likeness (QED) is 0.134. The first-order valence-corrected chi connectivity index (χ1v) is 15.6. The summed E-state index contributed by atoms with van der Waals surface area (Å²) in [5, 5.41) is 0. The molecule has 16 heteroatoms. The van der Waals surface area contributed by atoms with Gasteiger partial charge in [0, 0.05) is 30.6 Å². The molecule has 6 aromatic rings. The normalized spacial score (nSPS) is 13.0.